The number of carbonyl (C=O) groups excluding carboxylic acids is 1. The van der Waals surface area contributed by atoms with E-state index in [0.29, 0.717) is 36.6 Å². The Balaban J connectivity index is 1.92. The number of rotatable bonds is 6. The van der Waals surface area contributed by atoms with E-state index in [4.69, 9.17) is 10.00 Å². The molecule has 5 nitrogen and oxygen atoms in total. The van der Waals surface area contributed by atoms with Crippen molar-refractivity contribution in [3.63, 3.8) is 0 Å². The number of amides is 1. The number of thiazole rings is 1. The summed E-state index contributed by atoms with van der Waals surface area (Å²) in [6, 6.07) is 9.21. The third-order valence-electron chi connectivity index (χ3n) is 2.46. The zero-order chi connectivity index (χ0) is 14.2. The molecule has 0 saturated heterocycles. The molecule has 6 heteroatoms. The van der Waals surface area contributed by atoms with Gasteiger partial charge in [0.2, 0.25) is 0 Å². The highest BCUT2D eigenvalue weighted by Gasteiger charge is 2.08. The molecule has 0 radical (unpaired) electrons. The van der Waals surface area contributed by atoms with Crippen LogP contribution in [0, 0.1) is 11.3 Å². The van der Waals surface area contributed by atoms with E-state index in [1.165, 1.54) is 11.3 Å². The summed E-state index contributed by atoms with van der Waals surface area (Å²) in [4.78, 5) is 15.8. The van der Waals surface area contributed by atoms with Crippen molar-refractivity contribution in [1.29, 1.82) is 5.26 Å². The first-order valence-corrected chi connectivity index (χ1v) is 7.03. The predicted molar refractivity (Wildman–Crippen MR) is 76.9 cm³/mol. The molecule has 1 heterocycles. The summed E-state index contributed by atoms with van der Waals surface area (Å²) in [5, 5.41) is 12.9. The predicted octanol–water partition coefficient (Wildman–Crippen LogP) is 3.08. The van der Waals surface area contributed by atoms with E-state index in [2.05, 4.69) is 16.4 Å². The van der Waals surface area contributed by atoms with Crippen molar-refractivity contribution < 1.29 is 9.53 Å². The van der Waals surface area contributed by atoms with Crippen LogP contribution in [0.3, 0.4) is 0 Å². The first-order chi connectivity index (χ1) is 9.79. The zero-order valence-corrected chi connectivity index (χ0v) is 11.5. The maximum Gasteiger partial charge on any atom is 0.275 e. The number of anilines is 1. The average Bonchev–Trinajstić information content (AvgIpc) is 2.98. The molecule has 0 aliphatic rings. The first kappa shape index (κ1) is 14.0. The molecule has 0 fully saturated rings. The summed E-state index contributed by atoms with van der Waals surface area (Å²) < 4.78 is 5.51. The lowest BCUT2D eigenvalue weighted by molar-refractivity contribution is 0.102. The highest BCUT2D eigenvalue weighted by Crippen LogP contribution is 2.18. The van der Waals surface area contributed by atoms with E-state index in [-0.39, 0.29) is 5.91 Å². The summed E-state index contributed by atoms with van der Waals surface area (Å²) in [6.07, 6.45) is 1.16. The lowest BCUT2D eigenvalue weighted by Crippen LogP contribution is -2.12. The minimum Gasteiger partial charge on any atom is -0.493 e. The number of nitriles is 1. The Bertz CT molecular complexity index is 605. The highest BCUT2D eigenvalue weighted by atomic mass is 32.1. The topological polar surface area (TPSA) is 75.0 Å². The van der Waals surface area contributed by atoms with Crippen molar-refractivity contribution in [1.82, 2.24) is 4.98 Å². The second-order valence-corrected chi connectivity index (χ2v) is 4.68. The van der Waals surface area contributed by atoms with Crippen LogP contribution in [-0.2, 0) is 0 Å². The normalized spacial score (nSPS) is 9.75. The summed E-state index contributed by atoms with van der Waals surface area (Å²) in [7, 11) is 0. The van der Waals surface area contributed by atoms with Crippen LogP contribution in [0.5, 0.6) is 5.75 Å². The van der Waals surface area contributed by atoms with Crippen LogP contribution in [0.2, 0.25) is 0 Å². The second kappa shape index (κ2) is 7.26. The van der Waals surface area contributed by atoms with Crippen molar-refractivity contribution >= 4 is 22.9 Å². The molecule has 20 heavy (non-hydrogen) atoms. The van der Waals surface area contributed by atoms with E-state index in [9.17, 15) is 4.79 Å². The van der Waals surface area contributed by atoms with Crippen LogP contribution >= 0.6 is 11.3 Å². The van der Waals surface area contributed by atoms with Crippen molar-refractivity contribution in [3.8, 4) is 11.8 Å². The second-order valence-electron chi connectivity index (χ2n) is 3.97. The molecule has 0 atom stereocenters. The van der Waals surface area contributed by atoms with E-state index in [1.54, 1.807) is 29.1 Å². The molecule has 0 spiro atoms. The quantitative estimate of drug-likeness (QED) is 0.828. The van der Waals surface area contributed by atoms with Crippen LogP contribution in [0.1, 0.15) is 23.3 Å². The molecule has 0 aliphatic heterocycles. The number of hydrogen-bond acceptors (Lipinski definition) is 5. The largest absolute Gasteiger partial charge is 0.493 e. The lowest BCUT2D eigenvalue weighted by atomic mass is 10.3. The Hall–Kier alpha value is -2.39. The molecule has 102 valence electrons. The van der Waals surface area contributed by atoms with Gasteiger partial charge in [0.05, 0.1) is 18.2 Å². The van der Waals surface area contributed by atoms with Gasteiger partial charge in [0.15, 0.2) is 0 Å². The van der Waals surface area contributed by atoms with Gasteiger partial charge < -0.3 is 10.1 Å². The Morgan fingerprint density at radius 1 is 1.50 bits per heavy atom. The van der Waals surface area contributed by atoms with Crippen molar-refractivity contribution in [2.24, 2.45) is 0 Å². The van der Waals surface area contributed by atoms with E-state index >= 15 is 0 Å². The molecular formula is C14H13N3O2S. The first-order valence-electron chi connectivity index (χ1n) is 6.09. The van der Waals surface area contributed by atoms with Gasteiger partial charge >= 0.3 is 0 Å². The van der Waals surface area contributed by atoms with Gasteiger partial charge in [0.1, 0.15) is 11.4 Å². The van der Waals surface area contributed by atoms with E-state index < -0.39 is 0 Å². The van der Waals surface area contributed by atoms with Gasteiger partial charge in [-0.1, -0.05) is 6.07 Å². The van der Waals surface area contributed by atoms with Gasteiger partial charge in [-0.2, -0.15) is 5.26 Å². The third kappa shape index (κ3) is 4.07. The molecule has 0 aliphatic carbocycles. The fraction of sp³-hybridized carbons (Fsp3) is 0.214. The summed E-state index contributed by atoms with van der Waals surface area (Å²) in [5.74, 6) is 0.423. The van der Waals surface area contributed by atoms with Crippen molar-refractivity contribution in [2.75, 3.05) is 11.9 Å². The molecule has 0 unspecified atom stereocenters. The molecule has 1 aromatic heterocycles. The lowest BCUT2D eigenvalue weighted by Gasteiger charge is -2.08. The molecular weight excluding hydrogens is 274 g/mol. The van der Waals surface area contributed by atoms with Gasteiger partial charge in [-0.15, -0.1) is 11.3 Å². The molecule has 0 saturated carbocycles. The maximum atomic E-state index is 11.8. The van der Waals surface area contributed by atoms with E-state index in [1.807, 2.05) is 6.07 Å². The number of unbranched alkanes of at least 4 members (excludes halogenated alkanes) is 1. The summed E-state index contributed by atoms with van der Waals surface area (Å²) in [5.41, 5.74) is 2.67. The molecule has 1 aromatic carbocycles. The average molecular weight is 287 g/mol. The van der Waals surface area contributed by atoms with Gasteiger partial charge in [0, 0.05) is 23.6 Å². The molecule has 1 N–H and O–H groups in total. The Labute approximate surface area is 120 Å². The Kier molecular flexibility index (Phi) is 5.09. The zero-order valence-electron chi connectivity index (χ0n) is 10.7. The summed E-state index contributed by atoms with van der Waals surface area (Å²) in [6.45, 7) is 0.483. The Morgan fingerprint density at radius 3 is 3.15 bits per heavy atom. The van der Waals surface area contributed by atoms with E-state index in [0.717, 1.165) is 0 Å². The molecule has 2 aromatic rings. The van der Waals surface area contributed by atoms with Gasteiger partial charge in [-0.05, 0) is 18.6 Å². The van der Waals surface area contributed by atoms with Gasteiger partial charge in [0.25, 0.3) is 5.91 Å². The minimum atomic E-state index is -0.243. The molecule has 1 amide bonds. The van der Waals surface area contributed by atoms with Crippen LogP contribution in [0.25, 0.3) is 0 Å². The highest BCUT2D eigenvalue weighted by molar-refractivity contribution is 7.07. The van der Waals surface area contributed by atoms with Crippen molar-refractivity contribution in [2.45, 2.75) is 12.8 Å². The monoisotopic (exact) mass is 287 g/mol. The Morgan fingerprint density at radius 2 is 2.40 bits per heavy atom. The number of carbonyl (C=O) groups is 1. The molecule has 0 bridgehead atoms. The minimum absolute atomic E-state index is 0.243. The van der Waals surface area contributed by atoms with Gasteiger partial charge in [-0.3, -0.25) is 4.79 Å². The summed E-state index contributed by atoms with van der Waals surface area (Å²) >= 11 is 1.37. The third-order valence-corrected chi connectivity index (χ3v) is 3.04. The fourth-order valence-electron chi connectivity index (χ4n) is 1.52. The van der Waals surface area contributed by atoms with Crippen LogP contribution in [-0.4, -0.2) is 17.5 Å². The SMILES string of the molecule is N#CCCCOc1cccc(NC(=O)c2cscn2)c1. The fourth-order valence-corrected chi connectivity index (χ4v) is 2.06. The number of aromatic nitrogens is 1. The maximum absolute atomic E-state index is 11.8. The number of hydrogen-bond donors (Lipinski definition) is 1. The van der Waals surface area contributed by atoms with Gasteiger partial charge in [-0.25, -0.2) is 4.98 Å². The standard InChI is InChI=1S/C14H13N3O2S/c15-6-1-2-7-19-12-5-3-4-11(8-12)17-14(18)13-9-20-10-16-13/h3-5,8-10H,1-2,7H2,(H,17,18). The smallest absolute Gasteiger partial charge is 0.275 e. The number of nitrogens with one attached hydrogen (secondary N) is 1. The van der Waals surface area contributed by atoms with Crippen LogP contribution < -0.4 is 10.1 Å². The van der Waals surface area contributed by atoms with Crippen molar-refractivity contribution in [3.05, 3.63) is 40.8 Å². The molecule has 2 rings (SSSR count). The number of nitrogens with zero attached hydrogens (tertiary/aromatic N) is 2. The van der Waals surface area contributed by atoms with Crippen LogP contribution in [0.4, 0.5) is 5.69 Å². The number of ether oxygens (including phenoxy) is 1. The van der Waals surface area contributed by atoms with Crippen LogP contribution in [0.15, 0.2) is 35.2 Å². The number of benzene rings is 1.